The zero-order chi connectivity index (χ0) is 18.7. The highest BCUT2D eigenvalue weighted by Crippen LogP contribution is 2.64. The second-order valence-electron chi connectivity index (χ2n) is 8.08. The number of alkyl halides is 3. The summed E-state index contributed by atoms with van der Waals surface area (Å²) < 4.78 is 46.4. The van der Waals surface area contributed by atoms with Crippen LogP contribution in [0.2, 0.25) is 0 Å². The number of hydrogen-bond donors (Lipinski definition) is 0. The average Bonchev–Trinajstić information content (AvgIpc) is 3.25. The van der Waals surface area contributed by atoms with Gasteiger partial charge in [0.25, 0.3) is 0 Å². The summed E-state index contributed by atoms with van der Waals surface area (Å²) in [5, 5.41) is 11.1. The molecule has 5 unspecified atom stereocenters. The van der Waals surface area contributed by atoms with Gasteiger partial charge in [0.15, 0.2) is 0 Å². The summed E-state index contributed by atoms with van der Waals surface area (Å²) in [5.74, 6) is 0.136. The smallest absolute Gasteiger partial charge is 0.419 e. The van der Waals surface area contributed by atoms with Gasteiger partial charge in [-0.3, -0.25) is 0 Å². The molecule has 0 saturated heterocycles. The van der Waals surface area contributed by atoms with Gasteiger partial charge >= 0.3 is 6.18 Å². The standard InChI is InChI=1S/C20H23F3O3/c1-2-19(10-12-8-16(19)14-5-3-4-13(12)14)26-17-9-11(18(24)25)6-7-15(17)20(21,22)23/h6-7,9,12-14,16H,2-5,8,10H2,1H3,(H,24,25)/p-1. The molecule has 4 rings (SSSR count). The second-order valence-corrected chi connectivity index (χ2v) is 8.08. The third kappa shape index (κ3) is 2.60. The van der Waals surface area contributed by atoms with Gasteiger partial charge in [0.1, 0.15) is 11.4 Å². The van der Waals surface area contributed by atoms with Gasteiger partial charge in [0, 0.05) is 11.5 Å². The Balaban J connectivity index is 1.71. The third-order valence-electron chi connectivity index (χ3n) is 7.02. The molecule has 3 nitrogen and oxygen atoms in total. The molecule has 1 aromatic carbocycles. The van der Waals surface area contributed by atoms with E-state index in [0.29, 0.717) is 24.2 Å². The van der Waals surface area contributed by atoms with E-state index in [1.54, 1.807) is 0 Å². The average molecular weight is 367 g/mol. The lowest BCUT2D eigenvalue weighted by molar-refractivity contribution is -0.255. The maximum atomic E-state index is 13.4. The predicted molar refractivity (Wildman–Crippen MR) is 86.5 cm³/mol. The number of aromatic carboxylic acids is 1. The van der Waals surface area contributed by atoms with Crippen LogP contribution < -0.4 is 9.84 Å². The lowest BCUT2D eigenvalue weighted by atomic mass is 9.71. The fourth-order valence-corrected chi connectivity index (χ4v) is 6.00. The van der Waals surface area contributed by atoms with Crippen molar-refractivity contribution in [3.63, 3.8) is 0 Å². The predicted octanol–water partition coefficient (Wildman–Crippen LogP) is 4.05. The van der Waals surface area contributed by atoms with Crippen molar-refractivity contribution in [2.24, 2.45) is 23.7 Å². The minimum atomic E-state index is -4.60. The first-order valence-corrected chi connectivity index (χ1v) is 9.37. The Morgan fingerprint density at radius 2 is 2.04 bits per heavy atom. The van der Waals surface area contributed by atoms with Crippen LogP contribution in [0.1, 0.15) is 61.4 Å². The number of benzene rings is 1. The first-order valence-electron chi connectivity index (χ1n) is 9.37. The number of carboxylic acid groups (broad SMARTS) is 1. The highest BCUT2D eigenvalue weighted by molar-refractivity contribution is 5.86. The molecule has 3 saturated carbocycles. The molecule has 6 heteroatoms. The van der Waals surface area contributed by atoms with E-state index >= 15 is 0 Å². The minimum absolute atomic E-state index is 0.262. The summed E-state index contributed by atoms with van der Waals surface area (Å²) in [7, 11) is 0. The van der Waals surface area contributed by atoms with Crippen molar-refractivity contribution < 1.29 is 27.8 Å². The number of rotatable bonds is 4. The normalized spacial score (nSPS) is 35.5. The van der Waals surface area contributed by atoms with Crippen LogP contribution in [0, 0.1) is 23.7 Å². The molecule has 3 fully saturated rings. The lowest BCUT2D eigenvalue weighted by Gasteiger charge is -2.43. The Morgan fingerprint density at radius 1 is 1.31 bits per heavy atom. The molecule has 0 radical (unpaired) electrons. The van der Waals surface area contributed by atoms with Crippen LogP contribution in [-0.4, -0.2) is 11.6 Å². The molecule has 0 aliphatic heterocycles. The van der Waals surface area contributed by atoms with E-state index in [9.17, 15) is 23.1 Å². The number of halogens is 3. The van der Waals surface area contributed by atoms with E-state index in [0.717, 1.165) is 37.5 Å². The highest BCUT2D eigenvalue weighted by Gasteiger charge is 2.61. The van der Waals surface area contributed by atoms with Gasteiger partial charge in [0.05, 0.1) is 11.5 Å². The van der Waals surface area contributed by atoms with Crippen LogP contribution in [0.4, 0.5) is 13.2 Å². The van der Waals surface area contributed by atoms with Crippen molar-refractivity contribution in [1.29, 1.82) is 0 Å². The molecule has 0 aromatic heterocycles. The Morgan fingerprint density at radius 3 is 2.69 bits per heavy atom. The maximum Gasteiger partial charge on any atom is 0.419 e. The molecule has 0 N–H and O–H groups in total. The number of fused-ring (bicyclic) bond motifs is 5. The number of carbonyl (C=O) groups excluding carboxylic acids is 1. The molecule has 5 atom stereocenters. The quantitative estimate of drug-likeness (QED) is 0.807. The summed E-state index contributed by atoms with van der Waals surface area (Å²) in [6, 6.07) is 2.69. The van der Waals surface area contributed by atoms with E-state index in [1.165, 1.54) is 12.8 Å². The molecular weight excluding hydrogens is 345 g/mol. The van der Waals surface area contributed by atoms with Gasteiger partial charge in [-0.1, -0.05) is 19.4 Å². The maximum absolute atomic E-state index is 13.4. The van der Waals surface area contributed by atoms with E-state index in [1.807, 2.05) is 6.92 Å². The van der Waals surface area contributed by atoms with Crippen LogP contribution in [-0.2, 0) is 6.18 Å². The number of carbonyl (C=O) groups is 1. The number of hydrogen-bond acceptors (Lipinski definition) is 3. The van der Waals surface area contributed by atoms with Crippen molar-refractivity contribution in [3.8, 4) is 5.75 Å². The van der Waals surface area contributed by atoms with Crippen LogP contribution in [0.5, 0.6) is 5.75 Å². The second kappa shape index (κ2) is 5.89. The summed E-state index contributed by atoms with van der Waals surface area (Å²) in [6.45, 7) is 1.96. The number of carboxylic acids is 1. The summed E-state index contributed by atoms with van der Waals surface area (Å²) in [5.41, 5.74) is -1.83. The van der Waals surface area contributed by atoms with Crippen molar-refractivity contribution >= 4 is 5.97 Å². The molecule has 3 aliphatic rings. The molecule has 2 bridgehead atoms. The SMILES string of the molecule is CCC1(Oc2cc(C(=O)[O-])ccc2C(F)(F)F)CC2CC1C1CCCC21. The molecule has 26 heavy (non-hydrogen) atoms. The Kier molecular flexibility index (Phi) is 4.01. The van der Waals surface area contributed by atoms with E-state index in [4.69, 9.17) is 4.74 Å². The molecule has 0 spiro atoms. The molecular formula is C20H22F3O3-. The summed E-state index contributed by atoms with van der Waals surface area (Å²) in [6.07, 6.45) is 1.36. The van der Waals surface area contributed by atoms with Gasteiger partial charge < -0.3 is 14.6 Å². The number of ether oxygens (including phenoxy) is 1. The third-order valence-corrected chi connectivity index (χ3v) is 7.02. The van der Waals surface area contributed by atoms with Crippen molar-refractivity contribution in [3.05, 3.63) is 29.3 Å². The topological polar surface area (TPSA) is 49.4 Å². The van der Waals surface area contributed by atoms with Crippen LogP contribution in [0.3, 0.4) is 0 Å². The van der Waals surface area contributed by atoms with Gasteiger partial charge in [-0.25, -0.2) is 0 Å². The Bertz CT molecular complexity index is 730. The monoisotopic (exact) mass is 367 g/mol. The molecule has 3 aliphatic carbocycles. The van der Waals surface area contributed by atoms with Gasteiger partial charge in [-0.05, 0) is 62.0 Å². The Hall–Kier alpha value is -1.72. The summed E-state index contributed by atoms with van der Waals surface area (Å²) in [4.78, 5) is 11.1. The van der Waals surface area contributed by atoms with Crippen LogP contribution >= 0.6 is 0 Å². The molecule has 0 heterocycles. The van der Waals surface area contributed by atoms with Gasteiger partial charge in [0.2, 0.25) is 0 Å². The first-order chi connectivity index (χ1) is 12.2. The van der Waals surface area contributed by atoms with Crippen molar-refractivity contribution in [2.75, 3.05) is 0 Å². The van der Waals surface area contributed by atoms with Crippen LogP contribution in [0.25, 0.3) is 0 Å². The Labute approximate surface area is 150 Å². The van der Waals surface area contributed by atoms with E-state index < -0.39 is 23.3 Å². The van der Waals surface area contributed by atoms with Crippen molar-refractivity contribution in [2.45, 2.75) is 57.2 Å². The zero-order valence-corrected chi connectivity index (χ0v) is 14.6. The highest BCUT2D eigenvalue weighted by atomic mass is 19.4. The van der Waals surface area contributed by atoms with Crippen molar-refractivity contribution in [1.82, 2.24) is 0 Å². The fourth-order valence-electron chi connectivity index (χ4n) is 6.00. The minimum Gasteiger partial charge on any atom is -0.545 e. The largest absolute Gasteiger partial charge is 0.545 e. The fraction of sp³-hybridized carbons (Fsp3) is 0.650. The molecule has 0 amide bonds. The summed E-state index contributed by atoms with van der Waals surface area (Å²) >= 11 is 0. The first kappa shape index (κ1) is 17.7. The van der Waals surface area contributed by atoms with Gasteiger partial charge in [-0.2, -0.15) is 13.2 Å². The molecule has 1 aromatic rings. The molecule has 142 valence electrons. The van der Waals surface area contributed by atoms with Crippen LogP contribution in [0.15, 0.2) is 18.2 Å². The van der Waals surface area contributed by atoms with E-state index in [2.05, 4.69) is 0 Å². The lowest BCUT2D eigenvalue weighted by Crippen LogP contribution is -2.46. The van der Waals surface area contributed by atoms with E-state index in [-0.39, 0.29) is 17.2 Å². The van der Waals surface area contributed by atoms with Gasteiger partial charge in [-0.15, -0.1) is 0 Å². The zero-order valence-electron chi connectivity index (χ0n) is 14.6.